The molecule has 0 fully saturated rings. The molecule has 0 saturated heterocycles. The van der Waals surface area contributed by atoms with Crippen LogP contribution in [0.2, 0.25) is 0 Å². The van der Waals surface area contributed by atoms with Crippen LogP contribution in [0.4, 0.5) is 0 Å². The zero-order chi connectivity index (χ0) is 18.0. The Morgan fingerprint density at radius 1 is 0.792 bits per heavy atom. The second-order valence-corrected chi connectivity index (χ2v) is 6.96. The van der Waals surface area contributed by atoms with Gasteiger partial charge < -0.3 is 14.9 Å². The van der Waals surface area contributed by atoms with Crippen LogP contribution in [0, 0.1) is 0 Å². The van der Waals surface area contributed by atoms with E-state index >= 15 is 0 Å². The second kappa shape index (κ2) is 17.2. The molecule has 0 rings (SSSR count). The molecule has 2 atom stereocenters. The van der Waals surface area contributed by atoms with Crippen molar-refractivity contribution in [1.82, 2.24) is 0 Å². The zero-order valence-electron chi connectivity index (χ0n) is 16.0. The number of aliphatic hydroxyl groups is 2. The van der Waals surface area contributed by atoms with E-state index in [1.54, 1.807) is 0 Å². The van der Waals surface area contributed by atoms with Crippen LogP contribution in [-0.2, 0) is 9.53 Å². The monoisotopic (exact) mass is 344 g/mol. The first-order valence-electron chi connectivity index (χ1n) is 10.1. The van der Waals surface area contributed by atoms with Crippen LogP contribution in [0.15, 0.2) is 0 Å². The number of carbonyl (C=O) groups is 1. The summed E-state index contributed by atoms with van der Waals surface area (Å²) in [5.74, 6) is -0.307. The molecule has 0 aromatic rings. The minimum Gasteiger partial charge on any atom is -0.436 e. The van der Waals surface area contributed by atoms with Crippen molar-refractivity contribution in [3.63, 3.8) is 0 Å². The molecule has 0 saturated carbocycles. The Bertz CT molecular complexity index is 279. The smallest absolute Gasteiger partial charge is 0.308 e. The Hall–Kier alpha value is -0.610. The summed E-state index contributed by atoms with van der Waals surface area (Å²) < 4.78 is 4.67. The summed E-state index contributed by atoms with van der Waals surface area (Å²) in [7, 11) is 0. The van der Waals surface area contributed by atoms with Gasteiger partial charge in [-0.2, -0.15) is 0 Å². The van der Waals surface area contributed by atoms with Gasteiger partial charge in [0, 0.05) is 6.42 Å². The SMILES string of the molecule is CCCCCCC(O)CCCCCCCCCCC(=O)OC(C)O. The number of aliphatic hydroxyl groups excluding tert-OH is 2. The number of unbranched alkanes of at least 4 members (excludes halogenated alkanes) is 10. The Balaban J connectivity index is 3.21. The van der Waals surface area contributed by atoms with Crippen LogP contribution in [0.5, 0.6) is 0 Å². The molecule has 144 valence electrons. The number of rotatable bonds is 17. The van der Waals surface area contributed by atoms with Crippen LogP contribution < -0.4 is 0 Å². The van der Waals surface area contributed by atoms with E-state index in [0.29, 0.717) is 6.42 Å². The van der Waals surface area contributed by atoms with Gasteiger partial charge >= 0.3 is 5.97 Å². The third kappa shape index (κ3) is 17.7. The summed E-state index contributed by atoms with van der Waals surface area (Å²) in [6.45, 7) is 3.66. The maximum atomic E-state index is 11.2. The topological polar surface area (TPSA) is 66.8 Å². The molecule has 4 heteroatoms. The Kier molecular flexibility index (Phi) is 16.8. The molecule has 0 spiro atoms. The van der Waals surface area contributed by atoms with Gasteiger partial charge in [0.1, 0.15) is 0 Å². The number of carbonyl (C=O) groups excluding carboxylic acids is 1. The number of esters is 1. The molecule has 0 aliphatic heterocycles. The van der Waals surface area contributed by atoms with Gasteiger partial charge in [-0.15, -0.1) is 0 Å². The van der Waals surface area contributed by atoms with Crippen molar-refractivity contribution in [2.75, 3.05) is 0 Å². The maximum absolute atomic E-state index is 11.2. The molecular formula is C20H40O4. The number of ether oxygens (including phenoxy) is 1. The van der Waals surface area contributed by atoms with Crippen molar-refractivity contribution >= 4 is 5.97 Å². The lowest BCUT2D eigenvalue weighted by Crippen LogP contribution is -2.13. The zero-order valence-corrected chi connectivity index (χ0v) is 16.0. The van der Waals surface area contributed by atoms with Crippen LogP contribution in [-0.4, -0.2) is 28.6 Å². The average molecular weight is 345 g/mol. The van der Waals surface area contributed by atoms with E-state index in [9.17, 15) is 9.90 Å². The van der Waals surface area contributed by atoms with Gasteiger partial charge in [-0.3, -0.25) is 4.79 Å². The summed E-state index contributed by atoms with van der Waals surface area (Å²) in [5, 5.41) is 18.8. The first-order valence-corrected chi connectivity index (χ1v) is 10.1. The lowest BCUT2D eigenvalue weighted by molar-refractivity contribution is -0.164. The van der Waals surface area contributed by atoms with Gasteiger partial charge in [-0.25, -0.2) is 0 Å². The van der Waals surface area contributed by atoms with E-state index in [4.69, 9.17) is 5.11 Å². The van der Waals surface area contributed by atoms with Crippen LogP contribution >= 0.6 is 0 Å². The summed E-state index contributed by atoms with van der Waals surface area (Å²) in [4.78, 5) is 11.2. The molecule has 0 aliphatic rings. The van der Waals surface area contributed by atoms with E-state index in [2.05, 4.69) is 11.7 Å². The third-order valence-electron chi connectivity index (χ3n) is 4.36. The van der Waals surface area contributed by atoms with E-state index in [1.165, 1.54) is 58.3 Å². The molecule has 0 bridgehead atoms. The van der Waals surface area contributed by atoms with Crippen LogP contribution in [0.25, 0.3) is 0 Å². The van der Waals surface area contributed by atoms with Crippen molar-refractivity contribution in [3.05, 3.63) is 0 Å². The van der Waals surface area contributed by atoms with Crippen LogP contribution in [0.1, 0.15) is 110 Å². The van der Waals surface area contributed by atoms with Crippen molar-refractivity contribution in [1.29, 1.82) is 0 Å². The normalized spacial score (nSPS) is 13.7. The number of hydrogen-bond donors (Lipinski definition) is 2. The minimum absolute atomic E-state index is 0.0942. The summed E-state index contributed by atoms with van der Waals surface area (Å²) in [5.41, 5.74) is 0. The molecule has 0 amide bonds. The van der Waals surface area contributed by atoms with Crippen molar-refractivity contribution in [3.8, 4) is 0 Å². The first kappa shape index (κ1) is 23.4. The van der Waals surface area contributed by atoms with E-state index < -0.39 is 6.29 Å². The molecule has 0 aromatic heterocycles. The highest BCUT2D eigenvalue weighted by atomic mass is 16.6. The molecule has 24 heavy (non-hydrogen) atoms. The number of hydrogen-bond acceptors (Lipinski definition) is 4. The molecule has 4 nitrogen and oxygen atoms in total. The first-order chi connectivity index (χ1) is 11.6. The van der Waals surface area contributed by atoms with Gasteiger partial charge in [0.25, 0.3) is 0 Å². The highest BCUT2D eigenvalue weighted by Crippen LogP contribution is 2.14. The Morgan fingerprint density at radius 2 is 1.25 bits per heavy atom. The van der Waals surface area contributed by atoms with Gasteiger partial charge in [-0.05, 0) is 26.2 Å². The summed E-state index contributed by atoms with van der Waals surface area (Å²) in [6.07, 6.45) is 15.3. The van der Waals surface area contributed by atoms with Crippen molar-refractivity contribution in [2.24, 2.45) is 0 Å². The fourth-order valence-electron chi connectivity index (χ4n) is 2.91. The standard InChI is InChI=1S/C20H40O4/c1-3-4-5-12-15-19(22)16-13-10-8-6-7-9-11-14-17-20(23)24-18(2)21/h18-19,21-22H,3-17H2,1-2H3. The van der Waals surface area contributed by atoms with Gasteiger partial charge in [0.2, 0.25) is 0 Å². The van der Waals surface area contributed by atoms with Crippen molar-refractivity contribution < 1.29 is 19.7 Å². The maximum Gasteiger partial charge on any atom is 0.308 e. The largest absolute Gasteiger partial charge is 0.436 e. The fourth-order valence-corrected chi connectivity index (χ4v) is 2.91. The molecule has 0 aliphatic carbocycles. The van der Waals surface area contributed by atoms with Gasteiger partial charge in [0.15, 0.2) is 6.29 Å². The molecule has 2 unspecified atom stereocenters. The molecule has 0 radical (unpaired) electrons. The van der Waals surface area contributed by atoms with Crippen molar-refractivity contribution in [2.45, 2.75) is 123 Å². The predicted molar refractivity (Wildman–Crippen MR) is 98.7 cm³/mol. The Morgan fingerprint density at radius 3 is 1.75 bits per heavy atom. The second-order valence-electron chi connectivity index (χ2n) is 6.96. The highest BCUT2D eigenvalue weighted by molar-refractivity contribution is 5.69. The molecular weight excluding hydrogens is 304 g/mol. The van der Waals surface area contributed by atoms with Crippen LogP contribution in [0.3, 0.4) is 0 Å². The minimum atomic E-state index is -0.993. The van der Waals surface area contributed by atoms with E-state index in [0.717, 1.165) is 38.5 Å². The fraction of sp³-hybridized carbons (Fsp3) is 0.950. The third-order valence-corrected chi connectivity index (χ3v) is 4.36. The summed E-state index contributed by atoms with van der Waals surface area (Å²) >= 11 is 0. The van der Waals surface area contributed by atoms with E-state index in [1.807, 2.05) is 0 Å². The lowest BCUT2D eigenvalue weighted by Gasteiger charge is -2.10. The predicted octanol–water partition coefficient (Wildman–Crippen LogP) is 5.10. The summed E-state index contributed by atoms with van der Waals surface area (Å²) in [6, 6.07) is 0. The van der Waals surface area contributed by atoms with Gasteiger partial charge in [-0.1, -0.05) is 77.6 Å². The molecule has 0 aromatic carbocycles. The average Bonchev–Trinajstić information content (AvgIpc) is 2.52. The van der Waals surface area contributed by atoms with Gasteiger partial charge in [0.05, 0.1) is 6.10 Å². The Labute approximate surface area is 149 Å². The molecule has 0 heterocycles. The molecule has 2 N–H and O–H groups in total. The van der Waals surface area contributed by atoms with E-state index in [-0.39, 0.29) is 12.1 Å². The quantitative estimate of drug-likeness (QED) is 0.219. The highest BCUT2D eigenvalue weighted by Gasteiger charge is 2.05. The lowest BCUT2D eigenvalue weighted by atomic mass is 10.0.